The molecule has 2 heterocycles. The van der Waals surface area contributed by atoms with Crippen LogP contribution in [0.1, 0.15) is 16.4 Å². The molecule has 0 fully saturated rings. The van der Waals surface area contributed by atoms with Gasteiger partial charge in [0.2, 0.25) is 5.91 Å². The molecule has 5 rings (SSSR count). The topological polar surface area (TPSA) is 59.8 Å². The van der Waals surface area contributed by atoms with Crippen molar-refractivity contribution < 1.29 is 4.79 Å². The number of thioether (sulfide) groups is 2. The Hall–Kier alpha value is -3.07. The number of nitrogens with zero attached hydrogens (tertiary/aromatic N) is 3. The summed E-state index contributed by atoms with van der Waals surface area (Å²) < 4.78 is 3.96. The van der Waals surface area contributed by atoms with Crippen LogP contribution in [-0.4, -0.2) is 26.2 Å². The number of anilines is 1. The van der Waals surface area contributed by atoms with E-state index in [1.165, 1.54) is 22.9 Å². The summed E-state index contributed by atoms with van der Waals surface area (Å²) in [6.45, 7) is 0. The van der Waals surface area contributed by atoms with Crippen molar-refractivity contribution >= 4 is 56.7 Å². The van der Waals surface area contributed by atoms with E-state index in [2.05, 4.69) is 58.8 Å². The second-order valence-corrected chi connectivity index (χ2v) is 11.0. The van der Waals surface area contributed by atoms with E-state index in [-0.39, 0.29) is 11.2 Å². The molecule has 34 heavy (non-hydrogen) atoms. The fourth-order valence-electron chi connectivity index (χ4n) is 3.53. The van der Waals surface area contributed by atoms with Crippen molar-refractivity contribution in [2.45, 2.75) is 14.7 Å². The van der Waals surface area contributed by atoms with Crippen molar-refractivity contribution in [2.24, 2.45) is 7.05 Å². The number of hydrogen-bond donors (Lipinski definition) is 1. The largest absolute Gasteiger partial charge is 0.329 e. The third-order valence-electron chi connectivity index (χ3n) is 5.19. The van der Waals surface area contributed by atoms with Crippen molar-refractivity contribution in [2.75, 3.05) is 11.1 Å². The standard InChI is InChI=1S/C26H22N4OS3/c1-30-15-14-27-25(30)32-17-23(31)28-20-12-13-21-22(16-20)33-26(29-21)34-24(18-8-4-2-5-9-18)19-10-6-3-7-11-19/h2-16,24H,17H2,1H3,(H,28,31). The van der Waals surface area contributed by atoms with E-state index < -0.39 is 0 Å². The molecule has 0 saturated carbocycles. The molecular formula is C26H22N4OS3. The summed E-state index contributed by atoms with van der Waals surface area (Å²) in [5.74, 6) is 0.252. The number of aromatic nitrogens is 3. The van der Waals surface area contributed by atoms with E-state index in [9.17, 15) is 4.79 Å². The first-order valence-corrected chi connectivity index (χ1v) is 13.4. The van der Waals surface area contributed by atoms with E-state index in [0.717, 1.165) is 25.4 Å². The second-order valence-electron chi connectivity index (χ2n) is 7.64. The summed E-state index contributed by atoms with van der Waals surface area (Å²) in [7, 11) is 1.92. The van der Waals surface area contributed by atoms with Crippen LogP contribution in [0.25, 0.3) is 10.2 Å². The van der Waals surface area contributed by atoms with Gasteiger partial charge in [0.1, 0.15) is 0 Å². The predicted octanol–water partition coefficient (Wildman–Crippen LogP) is 6.64. The molecule has 5 nitrogen and oxygen atoms in total. The predicted molar refractivity (Wildman–Crippen MR) is 143 cm³/mol. The minimum absolute atomic E-state index is 0.0558. The first-order valence-electron chi connectivity index (χ1n) is 10.7. The highest BCUT2D eigenvalue weighted by Crippen LogP contribution is 2.43. The molecule has 8 heteroatoms. The molecule has 0 unspecified atom stereocenters. The normalized spacial score (nSPS) is 11.2. The molecule has 5 aromatic rings. The maximum absolute atomic E-state index is 12.4. The maximum Gasteiger partial charge on any atom is 0.234 e. The summed E-state index contributed by atoms with van der Waals surface area (Å²) in [4.78, 5) is 21.5. The van der Waals surface area contributed by atoms with E-state index in [4.69, 9.17) is 4.98 Å². The van der Waals surface area contributed by atoms with Crippen molar-refractivity contribution in [1.82, 2.24) is 14.5 Å². The van der Waals surface area contributed by atoms with Crippen LogP contribution in [0, 0.1) is 0 Å². The number of aryl methyl sites for hydroxylation is 1. The zero-order chi connectivity index (χ0) is 23.3. The first-order chi connectivity index (χ1) is 16.7. The molecule has 0 bridgehead atoms. The Morgan fingerprint density at radius 3 is 2.38 bits per heavy atom. The van der Waals surface area contributed by atoms with Crippen LogP contribution in [0.2, 0.25) is 0 Å². The van der Waals surface area contributed by atoms with Gasteiger partial charge in [-0.1, -0.05) is 84.2 Å². The van der Waals surface area contributed by atoms with Gasteiger partial charge in [0.15, 0.2) is 9.50 Å². The van der Waals surface area contributed by atoms with Crippen LogP contribution in [0.15, 0.2) is 101 Å². The molecule has 0 saturated heterocycles. The van der Waals surface area contributed by atoms with Crippen LogP contribution in [0.5, 0.6) is 0 Å². The zero-order valence-corrected chi connectivity index (χ0v) is 20.9. The minimum atomic E-state index is -0.0558. The Morgan fingerprint density at radius 2 is 1.74 bits per heavy atom. The Morgan fingerprint density at radius 1 is 1.03 bits per heavy atom. The summed E-state index contributed by atoms with van der Waals surface area (Å²) >= 11 is 4.83. The lowest BCUT2D eigenvalue weighted by Gasteiger charge is -2.16. The number of hydrogen-bond acceptors (Lipinski definition) is 6. The molecule has 0 radical (unpaired) electrons. The van der Waals surface area contributed by atoms with E-state index in [1.54, 1.807) is 29.3 Å². The highest BCUT2D eigenvalue weighted by Gasteiger charge is 2.18. The third-order valence-corrected chi connectivity index (χ3v) is 8.67. The fourth-order valence-corrected chi connectivity index (χ4v) is 6.69. The van der Waals surface area contributed by atoms with Crippen molar-refractivity contribution in [3.05, 3.63) is 102 Å². The Kier molecular flexibility index (Phi) is 6.99. The summed E-state index contributed by atoms with van der Waals surface area (Å²) in [5.41, 5.74) is 4.21. The Bertz CT molecular complexity index is 1360. The molecule has 170 valence electrons. The quantitative estimate of drug-likeness (QED) is 0.241. The van der Waals surface area contributed by atoms with Crippen LogP contribution in [0.4, 0.5) is 5.69 Å². The number of nitrogens with one attached hydrogen (secondary N) is 1. The molecule has 1 N–H and O–H groups in total. The highest BCUT2D eigenvalue weighted by molar-refractivity contribution is 8.01. The van der Waals surface area contributed by atoms with Crippen LogP contribution >= 0.6 is 34.9 Å². The Balaban J connectivity index is 1.32. The number of carbonyl (C=O) groups excluding carboxylic acids is 1. The molecule has 0 spiro atoms. The van der Waals surface area contributed by atoms with E-state index in [0.29, 0.717) is 5.75 Å². The first kappa shape index (κ1) is 22.7. The van der Waals surface area contributed by atoms with Gasteiger partial charge in [-0.25, -0.2) is 9.97 Å². The summed E-state index contributed by atoms with van der Waals surface area (Å²) in [6.07, 6.45) is 3.60. The highest BCUT2D eigenvalue weighted by atomic mass is 32.2. The van der Waals surface area contributed by atoms with Gasteiger partial charge in [-0.05, 0) is 29.3 Å². The fraction of sp³-hybridized carbons (Fsp3) is 0.115. The van der Waals surface area contributed by atoms with Gasteiger partial charge in [-0.2, -0.15) is 0 Å². The summed E-state index contributed by atoms with van der Waals surface area (Å²) in [5, 5.41) is 3.97. The lowest BCUT2D eigenvalue weighted by atomic mass is 10.0. The number of rotatable bonds is 8. The van der Waals surface area contributed by atoms with Crippen LogP contribution in [0.3, 0.4) is 0 Å². The van der Waals surface area contributed by atoms with E-state index >= 15 is 0 Å². The maximum atomic E-state index is 12.4. The monoisotopic (exact) mass is 502 g/mol. The molecule has 0 aliphatic heterocycles. The Labute approximate surface area is 210 Å². The number of amides is 1. The van der Waals surface area contributed by atoms with Gasteiger partial charge in [-0.3, -0.25) is 4.79 Å². The van der Waals surface area contributed by atoms with Crippen molar-refractivity contribution in [3.8, 4) is 0 Å². The molecule has 0 aliphatic carbocycles. The molecule has 3 aromatic carbocycles. The number of benzene rings is 3. The lowest BCUT2D eigenvalue weighted by molar-refractivity contribution is -0.113. The van der Waals surface area contributed by atoms with Gasteiger partial charge < -0.3 is 9.88 Å². The van der Waals surface area contributed by atoms with Crippen molar-refractivity contribution in [1.29, 1.82) is 0 Å². The number of carbonyl (C=O) groups is 1. The average molecular weight is 503 g/mol. The lowest BCUT2D eigenvalue weighted by Crippen LogP contribution is -2.14. The van der Waals surface area contributed by atoms with Gasteiger partial charge in [0.25, 0.3) is 0 Å². The third kappa shape index (κ3) is 5.35. The van der Waals surface area contributed by atoms with Gasteiger partial charge >= 0.3 is 0 Å². The molecule has 1 amide bonds. The van der Waals surface area contributed by atoms with Crippen LogP contribution < -0.4 is 5.32 Å². The van der Waals surface area contributed by atoms with Gasteiger partial charge in [0, 0.05) is 25.1 Å². The van der Waals surface area contributed by atoms with Crippen LogP contribution in [-0.2, 0) is 11.8 Å². The average Bonchev–Trinajstić information content (AvgIpc) is 3.47. The van der Waals surface area contributed by atoms with Gasteiger partial charge in [-0.15, -0.1) is 11.3 Å². The molecule has 0 aliphatic rings. The number of imidazole rings is 1. The number of thiazole rings is 1. The minimum Gasteiger partial charge on any atom is -0.329 e. The second kappa shape index (κ2) is 10.5. The van der Waals surface area contributed by atoms with Crippen molar-refractivity contribution in [3.63, 3.8) is 0 Å². The molecular weight excluding hydrogens is 481 g/mol. The molecule has 0 atom stereocenters. The number of fused-ring (bicyclic) bond motifs is 1. The molecule has 2 aromatic heterocycles. The van der Waals surface area contributed by atoms with Gasteiger partial charge in [0.05, 0.1) is 21.2 Å². The smallest absolute Gasteiger partial charge is 0.234 e. The SMILES string of the molecule is Cn1ccnc1SCC(=O)Nc1ccc2nc(SC(c3ccccc3)c3ccccc3)sc2c1. The summed E-state index contributed by atoms with van der Waals surface area (Å²) in [6, 6.07) is 26.9. The van der Waals surface area contributed by atoms with E-state index in [1.807, 2.05) is 48.1 Å². The zero-order valence-electron chi connectivity index (χ0n) is 18.4.